The first kappa shape index (κ1) is 16.1. The van der Waals surface area contributed by atoms with E-state index in [9.17, 15) is 0 Å². The first-order chi connectivity index (χ1) is 1.00. The van der Waals surface area contributed by atoms with Gasteiger partial charge in [0.25, 0.3) is 0 Å². The van der Waals surface area contributed by atoms with Crippen molar-refractivity contribution in [2.75, 3.05) is 0 Å². The van der Waals surface area contributed by atoms with Crippen LogP contribution in [0.25, 0.3) is 0 Å². The van der Waals surface area contributed by atoms with Gasteiger partial charge in [-0.2, -0.15) is 0 Å². The maximum absolute atomic E-state index is 3.12. The summed E-state index contributed by atoms with van der Waals surface area (Å²) in [5.41, 5.74) is 0. The zero-order valence-electron chi connectivity index (χ0n) is 1.71. The van der Waals surface area contributed by atoms with E-state index in [0.717, 1.165) is 0 Å². The van der Waals surface area contributed by atoms with Gasteiger partial charge in [0.2, 0.25) is 0 Å². The molecule has 4 heavy (non-hydrogen) atoms. The van der Waals surface area contributed by atoms with Gasteiger partial charge in [0.05, 0.1) is 0 Å². The minimum atomic E-state index is 0. The van der Waals surface area contributed by atoms with E-state index in [4.69, 9.17) is 0 Å². The largest absolute Gasteiger partial charge is 0 e. The Kier molecular flexibility index (Phi) is 73.3. The summed E-state index contributed by atoms with van der Waals surface area (Å²) >= 11 is 5.50. The Hall–Kier alpha value is 2.40. The maximum atomic E-state index is 3.12. The fourth-order valence-electron chi connectivity index (χ4n) is 0. The molecule has 0 bridgehead atoms. The van der Waals surface area contributed by atoms with Crippen molar-refractivity contribution in [3.05, 3.63) is 0 Å². The van der Waals surface area contributed by atoms with Gasteiger partial charge in [0, 0.05) is 42.0 Å². The summed E-state index contributed by atoms with van der Waals surface area (Å²) in [4.78, 5) is 0. The van der Waals surface area contributed by atoms with Gasteiger partial charge in [-0.1, -0.05) is 0 Å². The normalized spacial score (nSPS) is 1.25. The summed E-state index contributed by atoms with van der Waals surface area (Å²) in [6.07, 6.45) is 0. The molecule has 7 radical (unpaired) electrons. The first-order valence-electron chi connectivity index (χ1n) is 0.144. The molecule has 0 aliphatic carbocycles. The molecule has 0 saturated carbocycles. The van der Waals surface area contributed by atoms with Gasteiger partial charge < -0.3 is 0 Å². The van der Waals surface area contributed by atoms with Crippen molar-refractivity contribution in [1.82, 2.24) is 0 Å². The number of hydrogen-bond donors (Lipinski definition) is 0. The SMILES string of the molecule is [Fe]=[Se].[Ge].[Sb]. The van der Waals surface area contributed by atoms with Crippen molar-refractivity contribution < 1.29 is 13.7 Å². The zero-order valence-corrected chi connectivity index (χ0v) is 9.18. The van der Waals surface area contributed by atoms with Crippen molar-refractivity contribution in [1.29, 1.82) is 0 Å². The summed E-state index contributed by atoms with van der Waals surface area (Å²) in [5, 5.41) is 0. The smallest absolute Gasteiger partial charge is 0 e. The minimum absolute atomic E-state index is 0. The molecule has 0 heterocycles. The van der Waals surface area contributed by atoms with Crippen LogP contribution in [0.1, 0.15) is 0 Å². The van der Waals surface area contributed by atoms with Gasteiger partial charge in [0.15, 0.2) is 0 Å². The molecule has 0 aromatic carbocycles. The van der Waals surface area contributed by atoms with Crippen LogP contribution in [0.4, 0.5) is 0 Å². The van der Waals surface area contributed by atoms with Crippen molar-refractivity contribution in [2.45, 2.75) is 0 Å². The molecule has 0 aromatic heterocycles. The van der Waals surface area contributed by atoms with Crippen LogP contribution in [0, 0.1) is 0 Å². The van der Waals surface area contributed by atoms with E-state index < -0.39 is 0 Å². The molecule has 0 N–H and O–H groups in total. The Morgan fingerprint density at radius 1 is 1.25 bits per heavy atom. The fraction of sp³-hybridized carbons (Fsp3) is 0. The summed E-state index contributed by atoms with van der Waals surface area (Å²) in [6.45, 7) is 0. The molecule has 0 amide bonds. The van der Waals surface area contributed by atoms with Gasteiger partial charge >= 0.3 is 27.3 Å². The van der Waals surface area contributed by atoms with Crippen LogP contribution in [0.15, 0.2) is 0 Å². The predicted octanol–water partition coefficient (Wildman–Crippen LogP) is -1.14. The van der Waals surface area contributed by atoms with Gasteiger partial charge in [0.1, 0.15) is 0 Å². The Bertz CT molecular complexity index is 8.00. The van der Waals surface area contributed by atoms with Gasteiger partial charge in [-0.3, -0.25) is 0 Å². The molecule has 0 fully saturated rings. The van der Waals surface area contributed by atoms with Crippen molar-refractivity contribution in [3.8, 4) is 0 Å². The second-order valence-corrected chi connectivity index (χ2v) is 0. The third-order valence-corrected chi connectivity index (χ3v) is 0. The second kappa shape index (κ2) is 18.2. The monoisotopic (exact) mass is 331 g/mol. The summed E-state index contributed by atoms with van der Waals surface area (Å²) in [5.74, 6) is 0. The van der Waals surface area contributed by atoms with Gasteiger partial charge in [-0.15, -0.1) is 0 Å². The number of hydrogen-bond acceptors (Lipinski definition) is 0. The maximum Gasteiger partial charge on any atom is 0 e. The van der Waals surface area contributed by atoms with Crippen molar-refractivity contribution in [3.63, 3.8) is 0 Å². The van der Waals surface area contributed by atoms with Crippen molar-refractivity contribution in [2.24, 2.45) is 0 Å². The third-order valence-electron chi connectivity index (χ3n) is 0. The van der Waals surface area contributed by atoms with E-state index in [0.29, 0.717) is 0 Å². The molecular weight excluding hydrogens is 329 g/mol. The third kappa shape index (κ3) is 8.83. The van der Waals surface area contributed by atoms with E-state index in [1.165, 1.54) is 0 Å². The molecule has 0 unspecified atom stereocenters. The Labute approximate surface area is 68.4 Å². The van der Waals surface area contributed by atoms with Gasteiger partial charge in [-0.25, -0.2) is 0 Å². The number of rotatable bonds is 0. The molecular formula is FeGeSbSe. The van der Waals surface area contributed by atoms with Crippen LogP contribution in [-0.2, 0) is 13.7 Å². The van der Waals surface area contributed by atoms with Crippen LogP contribution in [0.5, 0.6) is 0 Å². The summed E-state index contributed by atoms with van der Waals surface area (Å²) < 4.78 is 0. The molecule has 0 saturated heterocycles. The standard InChI is InChI=1S/Fe.Ge.Sb.Se. The van der Waals surface area contributed by atoms with Crippen LogP contribution < -0.4 is 0 Å². The topological polar surface area (TPSA) is 0 Å². The minimum Gasteiger partial charge on any atom is 0 e. The van der Waals surface area contributed by atoms with E-state index in [2.05, 4.69) is 27.3 Å². The van der Waals surface area contributed by atoms with E-state index in [1.807, 2.05) is 0 Å². The van der Waals surface area contributed by atoms with E-state index >= 15 is 0 Å². The summed E-state index contributed by atoms with van der Waals surface area (Å²) in [6, 6.07) is 0. The van der Waals surface area contributed by atoms with Crippen LogP contribution in [0.3, 0.4) is 0 Å². The molecule has 0 aliphatic rings. The molecule has 0 rings (SSSR count). The van der Waals surface area contributed by atoms with E-state index in [-0.39, 0.29) is 42.0 Å². The van der Waals surface area contributed by atoms with Crippen LogP contribution in [0.2, 0.25) is 0 Å². The fourth-order valence-corrected chi connectivity index (χ4v) is 0. The Morgan fingerprint density at radius 3 is 1.25 bits per heavy atom. The van der Waals surface area contributed by atoms with Crippen LogP contribution in [-0.4, -0.2) is 55.7 Å². The summed E-state index contributed by atoms with van der Waals surface area (Å²) in [7, 11) is 0. The quantitative estimate of drug-likeness (QED) is 0.493. The predicted molar refractivity (Wildman–Crippen MR) is 17.3 cm³/mol. The Balaban J connectivity index is -0.00000000500. The zero-order chi connectivity index (χ0) is 2.00. The molecule has 0 nitrogen and oxygen atoms in total. The second-order valence-electron chi connectivity index (χ2n) is 0. The molecule has 0 aliphatic heterocycles. The Morgan fingerprint density at radius 2 is 1.25 bits per heavy atom. The molecule has 0 spiro atoms. The average molecular weight is 329 g/mol. The van der Waals surface area contributed by atoms with Gasteiger partial charge in [-0.05, 0) is 0 Å². The average Bonchev–Trinajstić information content (AvgIpc) is 1.00. The van der Waals surface area contributed by atoms with Crippen LogP contribution >= 0.6 is 0 Å². The first-order valence-corrected chi connectivity index (χ1v) is 3.09. The van der Waals surface area contributed by atoms with Crippen molar-refractivity contribution >= 4 is 55.7 Å². The molecule has 0 aromatic rings. The molecule has 4 heteroatoms. The molecule has 23 valence electrons. The molecule has 0 atom stereocenters. The van der Waals surface area contributed by atoms with E-state index in [1.54, 1.807) is 0 Å².